The van der Waals surface area contributed by atoms with Crippen molar-refractivity contribution in [1.82, 2.24) is 0 Å². The summed E-state index contributed by atoms with van der Waals surface area (Å²) in [6.45, 7) is 5.75. The van der Waals surface area contributed by atoms with E-state index < -0.39 is 0 Å². The molecule has 0 amide bonds. The van der Waals surface area contributed by atoms with E-state index in [0.717, 1.165) is 35.5 Å². The number of hydrogen-bond acceptors (Lipinski definition) is 2. The average Bonchev–Trinajstić information content (AvgIpc) is 2.46. The van der Waals surface area contributed by atoms with Gasteiger partial charge in [-0.1, -0.05) is 25.1 Å². The van der Waals surface area contributed by atoms with Gasteiger partial charge in [-0.15, -0.1) is 0 Å². The van der Waals surface area contributed by atoms with Crippen LogP contribution >= 0.6 is 15.9 Å². The molecule has 0 saturated carbocycles. The predicted octanol–water partition coefficient (Wildman–Crippen LogP) is 5.16. The molecular weight excluding hydrogens is 314 g/mol. The average molecular weight is 334 g/mol. The second-order valence-corrected chi connectivity index (χ2v) is 5.69. The Balaban J connectivity index is 2.01. The molecule has 0 heterocycles. The molecule has 0 radical (unpaired) electrons. The van der Waals surface area contributed by atoms with E-state index in [2.05, 4.69) is 65.4 Å². The molecule has 0 unspecified atom stereocenters. The first-order chi connectivity index (χ1) is 9.69. The number of aryl methyl sites for hydroxylation is 1. The number of halogens is 1. The van der Waals surface area contributed by atoms with E-state index in [1.807, 2.05) is 12.1 Å². The molecule has 2 aromatic carbocycles. The topological polar surface area (TPSA) is 21.3 Å². The van der Waals surface area contributed by atoms with Crippen molar-refractivity contribution in [2.45, 2.75) is 26.8 Å². The summed E-state index contributed by atoms with van der Waals surface area (Å²) in [5.41, 5.74) is 3.58. The molecule has 0 aliphatic rings. The maximum atomic E-state index is 5.65. The van der Waals surface area contributed by atoms with Gasteiger partial charge in [0.05, 0.1) is 6.61 Å². The molecular formula is C17H20BrNO. The van der Waals surface area contributed by atoms with Gasteiger partial charge in [0, 0.05) is 16.7 Å². The van der Waals surface area contributed by atoms with Gasteiger partial charge < -0.3 is 10.1 Å². The zero-order valence-corrected chi connectivity index (χ0v) is 13.5. The summed E-state index contributed by atoms with van der Waals surface area (Å²) in [5.74, 6) is 0.939. The monoisotopic (exact) mass is 333 g/mol. The Bertz CT molecular complexity index is 569. The molecule has 0 atom stereocenters. The summed E-state index contributed by atoms with van der Waals surface area (Å²) in [6, 6.07) is 14.5. The Kier molecular flexibility index (Phi) is 5.48. The molecule has 0 bridgehead atoms. The highest BCUT2D eigenvalue weighted by Gasteiger charge is 2.01. The third-order valence-corrected chi connectivity index (χ3v) is 3.67. The third-order valence-electron chi connectivity index (χ3n) is 2.98. The Hall–Kier alpha value is -1.48. The SMILES string of the molecule is CCCOc1cccc(CNc2cc(C)ccc2Br)c1. The molecule has 0 aliphatic carbocycles. The van der Waals surface area contributed by atoms with Crippen LogP contribution in [-0.2, 0) is 6.54 Å². The van der Waals surface area contributed by atoms with E-state index >= 15 is 0 Å². The van der Waals surface area contributed by atoms with E-state index in [4.69, 9.17) is 4.74 Å². The van der Waals surface area contributed by atoms with Crippen molar-refractivity contribution in [1.29, 1.82) is 0 Å². The van der Waals surface area contributed by atoms with Crippen molar-refractivity contribution >= 4 is 21.6 Å². The first-order valence-electron chi connectivity index (χ1n) is 6.91. The highest BCUT2D eigenvalue weighted by atomic mass is 79.9. The van der Waals surface area contributed by atoms with E-state index in [9.17, 15) is 0 Å². The van der Waals surface area contributed by atoms with Crippen LogP contribution in [0.1, 0.15) is 24.5 Å². The van der Waals surface area contributed by atoms with Gasteiger partial charge >= 0.3 is 0 Å². The minimum absolute atomic E-state index is 0.764. The second-order valence-electron chi connectivity index (χ2n) is 4.83. The molecule has 0 spiro atoms. The summed E-state index contributed by atoms with van der Waals surface area (Å²) < 4.78 is 6.74. The molecule has 106 valence electrons. The highest BCUT2D eigenvalue weighted by molar-refractivity contribution is 9.10. The zero-order chi connectivity index (χ0) is 14.4. The van der Waals surface area contributed by atoms with Crippen LogP contribution in [0.2, 0.25) is 0 Å². The Morgan fingerprint density at radius 2 is 2.00 bits per heavy atom. The largest absolute Gasteiger partial charge is 0.494 e. The van der Waals surface area contributed by atoms with E-state index in [1.165, 1.54) is 11.1 Å². The van der Waals surface area contributed by atoms with Gasteiger partial charge in [-0.25, -0.2) is 0 Å². The summed E-state index contributed by atoms with van der Waals surface area (Å²) in [4.78, 5) is 0. The lowest BCUT2D eigenvalue weighted by Gasteiger charge is -2.11. The Morgan fingerprint density at radius 1 is 1.15 bits per heavy atom. The lowest BCUT2D eigenvalue weighted by atomic mass is 10.2. The fourth-order valence-corrected chi connectivity index (χ4v) is 2.32. The minimum Gasteiger partial charge on any atom is -0.494 e. The fraction of sp³-hybridized carbons (Fsp3) is 0.294. The van der Waals surface area contributed by atoms with Gasteiger partial charge in [0.25, 0.3) is 0 Å². The third kappa shape index (κ3) is 4.27. The van der Waals surface area contributed by atoms with Gasteiger partial charge in [-0.05, 0) is 64.7 Å². The molecule has 20 heavy (non-hydrogen) atoms. The number of hydrogen-bond donors (Lipinski definition) is 1. The van der Waals surface area contributed by atoms with Crippen LogP contribution in [0, 0.1) is 6.92 Å². The molecule has 2 aromatic rings. The number of nitrogens with one attached hydrogen (secondary N) is 1. The van der Waals surface area contributed by atoms with E-state index in [1.54, 1.807) is 0 Å². The van der Waals surface area contributed by atoms with Crippen molar-refractivity contribution in [2.24, 2.45) is 0 Å². The summed E-state index contributed by atoms with van der Waals surface area (Å²) in [6.07, 6.45) is 1.03. The summed E-state index contributed by atoms with van der Waals surface area (Å²) in [7, 11) is 0. The van der Waals surface area contributed by atoms with Crippen LogP contribution in [0.4, 0.5) is 5.69 Å². The standard InChI is InChI=1S/C17H20BrNO/c1-3-9-20-15-6-4-5-14(11-15)12-19-17-10-13(2)7-8-16(17)18/h4-8,10-11,19H,3,9,12H2,1-2H3. The summed E-state index contributed by atoms with van der Waals surface area (Å²) >= 11 is 3.57. The van der Waals surface area contributed by atoms with Crippen molar-refractivity contribution in [3.05, 3.63) is 58.1 Å². The molecule has 1 N–H and O–H groups in total. The van der Waals surface area contributed by atoms with Gasteiger partial charge in [-0.2, -0.15) is 0 Å². The molecule has 2 rings (SSSR count). The number of benzene rings is 2. The van der Waals surface area contributed by atoms with Crippen LogP contribution in [0.15, 0.2) is 46.9 Å². The molecule has 0 saturated heterocycles. The van der Waals surface area contributed by atoms with Crippen LogP contribution in [-0.4, -0.2) is 6.61 Å². The molecule has 0 fully saturated rings. The number of rotatable bonds is 6. The maximum Gasteiger partial charge on any atom is 0.119 e. The smallest absolute Gasteiger partial charge is 0.119 e. The first kappa shape index (κ1) is 14.9. The van der Waals surface area contributed by atoms with Gasteiger partial charge in [0.1, 0.15) is 5.75 Å². The highest BCUT2D eigenvalue weighted by Crippen LogP contribution is 2.24. The van der Waals surface area contributed by atoms with E-state index in [0.29, 0.717) is 0 Å². The quantitative estimate of drug-likeness (QED) is 0.788. The zero-order valence-electron chi connectivity index (χ0n) is 11.9. The first-order valence-corrected chi connectivity index (χ1v) is 7.70. The van der Waals surface area contributed by atoms with Crippen LogP contribution < -0.4 is 10.1 Å². The van der Waals surface area contributed by atoms with Crippen LogP contribution in [0.25, 0.3) is 0 Å². The minimum atomic E-state index is 0.764. The lowest BCUT2D eigenvalue weighted by molar-refractivity contribution is 0.317. The van der Waals surface area contributed by atoms with Crippen molar-refractivity contribution in [3.8, 4) is 5.75 Å². The Morgan fingerprint density at radius 3 is 2.80 bits per heavy atom. The number of ether oxygens (including phenoxy) is 1. The molecule has 0 aromatic heterocycles. The molecule has 2 nitrogen and oxygen atoms in total. The maximum absolute atomic E-state index is 5.65. The van der Waals surface area contributed by atoms with Crippen molar-refractivity contribution < 1.29 is 4.74 Å². The van der Waals surface area contributed by atoms with Crippen molar-refractivity contribution in [3.63, 3.8) is 0 Å². The van der Waals surface area contributed by atoms with Gasteiger partial charge in [0.2, 0.25) is 0 Å². The molecule has 3 heteroatoms. The Labute approximate surface area is 129 Å². The van der Waals surface area contributed by atoms with Crippen LogP contribution in [0.5, 0.6) is 5.75 Å². The summed E-state index contributed by atoms with van der Waals surface area (Å²) in [5, 5.41) is 3.45. The van der Waals surface area contributed by atoms with Gasteiger partial charge in [0.15, 0.2) is 0 Å². The van der Waals surface area contributed by atoms with Crippen LogP contribution in [0.3, 0.4) is 0 Å². The van der Waals surface area contributed by atoms with E-state index in [-0.39, 0.29) is 0 Å². The normalized spacial score (nSPS) is 10.3. The predicted molar refractivity (Wildman–Crippen MR) is 88.4 cm³/mol. The van der Waals surface area contributed by atoms with Gasteiger partial charge in [-0.3, -0.25) is 0 Å². The number of anilines is 1. The van der Waals surface area contributed by atoms with Crippen molar-refractivity contribution in [2.75, 3.05) is 11.9 Å². The second kappa shape index (κ2) is 7.34. The fourth-order valence-electron chi connectivity index (χ4n) is 1.94. The molecule has 0 aliphatic heterocycles. The lowest BCUT2D eigenvalue weighted by Crippen LogP contribution is -2.01.